The number of carbonyl (C=O) groups is 3. The zero-order chi connectivity index (χ0) is 18.7. The number of rotatable bonds is 4. The van der Waals surface area contributed by atoms with Crippen molar-refractivity contribution >= 4 is 39.8 Å². The third kappa shape index (κ3) is 4.06. The Bertz CT molecular complexity index is 855. The maximum absolute atomic E-state index is 12.7. The maximum atomic E-state index is 12.7. The first-order chi connectivity index (χ1) is 11.7. The lowest BCUT2D eigenvalue weighted by Gasteiger charge is -2.08. The van der Waals surface area contributed by atoms with E-state index in [9.17, 15) is 14.4 Å². The second kappa shape index (κ2) is 7.48. The third-order valence-corrected chi connectivity index (χ3v) is 4.87. The number of nitrogens with one attached hydrogen (secondary N) is 2. The summed E-state index contributed by atoms with van der Waals surface area (Å²) in [7, 11) is 1.26. The number of amides is 2. The van der Waals surface area contributed by atoms with Gasteiger partial charge in [-0.25, -0.2) is 4.79 Å². The van der Waals surface area contributed by atoms with Crippen molar-refractivity contribution in [2.24, 2.45) is 0 Å². The number of hydrogen-bond donors (Lipinski definition) is 2. The van der Waals surface area contributed by atoms with Crippen molar-refractivity contribution in [3.05, 3.63) is 45.3 Å². The Morgan fingerprint density at radius 3 is 2.32 bits per heavy atom. The van der Waals surface area contributed by atoms with Gasteiger partial charge < -0.3 is 15.4 Å². The number of carbonyl (C=O) groups excluding carboxylic acids is 3. The van der Waals surface area contributed by atoms with Gasteiger partial charge in [-0.15, -0.1) is 11.3 Å². The summed E-state index contributed by atoms with van der Waals surface area (Å²) in [4.78, 5) is 36.4. The first-order valence-electron chi connectivity index (χ1n) is 7.62. The molecule has 0 atom stereocenters. The molecule has 2 rings (SSSR count). The van der Waals surface area contributed by atoms with Crippen molar-refractivity contribution in [3.8, 4) is 0 Å². The van der Waals surface area contributed by atoms with Gasteiger partial charge in [0.1, 0.15) is 5.00 Å². The molecule has 0 aliphatic rings. The fraction of sp³-hybridized carbons (Fsp3) is 0.278. The van der Waals surface area contributed by atoms with Crippen LogP contribution in [0.2, 0.25) is 0 Å². The highest BCUT2D eigenvalue weighted by molar-refractivity contribution is 7.18. The van der Waals surface area contributed by atoms with Gasteiger partial charge in [-0.3, -0.25) is 9.59 Å². The lowest BCUT2D eigenvalue weighted by atomic mass is 10.1. The Labute approximate surface area is 150 Å². The van der Waals surface area contributed by atoms with E-state index in [0.717, 1.165) is 22.5 Å². The quantitative estimate of drug-likeness (QED) is 0.815. The average Bonchev–Trinajstić information content (AvgIpc) is 2.85. The van der Waals surface area contributed by atoms with Gasteiger partial charge in [-0.1, -0.05) is 17.7 Å². The highest BCUT2D eigenvalue weighted by atomic mass is 32.1. The number of thiophene rings is 1. The third-order valence-electron chi connectivity index (χ3n) is 3.66. The molecule has 2 N–H and O–H groups in total. The summed E-state index contributed by atoms with van der Waals surface area (Å²) in [5.41, 5.74) is 3.42. The van der Waals surface area contributed by atoms with E-state index < -0.39 is 5.97 Å². The van der Waals surface area contributed by atoms with E-state index in [1.165, 1.54) is 14.0 Å². The van der Waals surface area contributed by atoms with Gasteiger partial charge in [0.25, 0.3) is 5.91 Å². The lowest BCUT2D eigenvalue weighted by molar-refractivity contribution is -0.114. The zero-order valence-corrected chi connectivity index (χ0v) is 15.6. The van der Waals surface area contributed by atoms with Crippen molar-refractivity contribution in [3.63, 3.8) is 0 Å². The van der Waals surface area contributed by atoms with Gasteiger partial charge in [0.05, 0.1) is 17.6 Å². The Balaban J connectivity index is 2.40. The molecule has 0 spiro atoms. The molecule has 0 unspecified atom stereocenters. The van der Waals surface area contributed by atoms with Crippen molar-refractivity contribution in [2.75, 3.05) is 17.7 Å². The van der Waals surface area contributed by atoms with Crippen LogP contribution in [0.1, 0.15) is 43.6 Å². The van der Waals surface area contributed by atoms with Gasteiger partial charge in [-0.2, -0.15) is 0 Å². The molecule has 0 aliphatic carbocycles. The number of esters is 1. The molecule has 0 radical (unpaired) electrons. The number of anilines is 2. The number of ether oxygens (including phenoxy) is 1. The molecule has 0 aliphatic heterocycles. The fourth-order valence-corrected chi connectivity index (χ4v) is 3.60. The molecule has 1 aromatic heterocycles. The minimum Gasteiger partial charge on any atom is -0.465 e. The van der Waals surface area contributed by atoms with E-state index >= 15 is 0 Å². The van der Waals surface area contributed by atoms with Crippen LogP contribution >= 0.6 is 11.3 Å². The average molecular weight is 360 g/mol. The van der Waals surface area contributed by atoms with Crippen LogP contribution < -0.4 is 10.6 Å². The van der Waals surface area contributed by atoms with Crippen LogP contribution in [0.3, 0.4) is 0 Å². The molecule has 0 saturated heterocycles. The van der Waals surface area contributed by atoms with Gasteiger partial charge in [0, 0.05) is 12.6 Å². The zero-order valence-electron chi connectivity index (χ0n) is 14.8. The molecular weight excluding hydrogens is 340 g/mol. The van der Waals surface area contributed by atoms with Crippen molar-refractivity contribution in [1.82, 2.24) is 0 Å². The van der Waals surface area contributed by atoms with Gasteiger partial charge in [-0.05, 0) is 38.0 Å². The smallest absolute Gasteiger partial charge is 0.341 e. The van der Waals surface area contributed by atoms with Crippen LogP contribution in [-0.4, -0.2) is 24.9 Å². The fourth-order valence-electron chi connectivity index (χ4n) is 2.46. The van der Waals surface area contributed by atoms with E-state index in [1.54, 1.807) is 6.92 Å². The highest BCUT2D eigenvalue weighted by Gasteiger charge is 2.26. The molecular formula is C18H20N2O4S. The first kappa shape index (κ1) is 18.7. The number of hydrogen-bond acceptors (Lipinski definition) is 5. The maximum Gasteiger partial charge on any atom is 0.341 e. The van der Waals surface area contributed by atoms with E-state index in [-0.39, 0.29) is 17.4 Å². The monoisotopic (exact) mass is 360 g/mol. The molecule has 1 aromatic carbocycles. The molecule has 25 heavy (non-hydrogen) atoms. The topological polar surface area (TPSA) is 84.5 Å². The second-order valence-corrected chi connectivity index (χ2v) is 6.73. The summed E-state index contributed by atoms with van der Waals surface area (Å²) in [6.07, 6.45) is 0. The summed E-state index contributed by atoms with van der Waals surface area (Å²) < 4.78 is 4.77. The van der Waals surface area contributed by atoms with E-state index in [4.69, 9.17) is 4.74 Å². The summed E-state index contributed by atoms with van der Waals surface area (Å²) >= 11 is 1.05. The molecule has 0 bridgehead atoms. The van der Waals surface area contributed by atoms with Crippen LogP contribution in [0.15, 0.2) is 18.2 Å². The van der Waals surface area contributed by atoms with Crippen LogP contribution in [0.25, 0.3) is 0 Å². The summed E-state index contributed by atoms with van der Waals surface area (Å²) in [6.45, 7) is 6.88. The van der Waals surface area contributed by atoms with Gasteiger partial charge in [0.2, 0.25) is 5.91 Å². The predicted octanol–water partition coefficient (Wildman–Crippen LogP) is 3.67. The minimum absolute atomic E-state index is 0.202. The van der Waals surface area contributed by atoms with Crippen LogP contribution in [-0.2, 0) is 9.53 Å². The lowest BCUT2D eigenvalue weighted by Crippen LogP contribution is -2.13. The minimum atomic E-state index is -0.594. The predicted molar refractivity (Wildman–Crippen MR) is 98.6 cm³/mol. The molecule has 7 heteroatoms. The standard InChI is InChI=1S/C18H20N2O4S/c1-9-6-7-13(10(2)8-9)20-16(22)15-11(3)14(18(23)24-5)17(25-15)19-12(4)21/h6-8H,1-5H3,(H,19,21)(H,20,22). The van der Waals surface area contributed by atoms with E-state index in [1.807, 2.05) is 32.0 Å². The summed E-state index contributed by atoms with van der Waals surface area (Å²) in [5.74, 6) is -1.26. The molecule has 132 valence electrons. The van der Waals surface area contributed by atoms with E-state index in [2.05, 4.69) is 10.6 Å². The second-order valence-electron chi connectivity index (χ2n) is 5.71. The molecule has 6 nitrogen and oxygen atoms in total. The Hall–Kier alpha value is -2.67. The van der Waals surface area contributed by atoms with Crippen LogP contribution in [0.4, 0.5) is 10.7 Å². The number of aryl methyl sites for hydroxylation is 2. The van der Waals surface area contributed by atoms with Crippen LogP contribution in [0.5, 0.6) is 0 Å². The van der Waals surface area contributed by atoms with Crippen LogP contribution in [0, 0.1) is 20.8 Å². The van der Waals surface area contributed by atoms with Crippen molar-refractivity contribution in [2.45, 2.75) is 27.7 Å². The largest absolute Gasteiger partial charge is 0.465 e. The van der Waals surface area contributed by atoms with Crippen molar-refractivity contribution in [1.29, 1.82) is 0 Å². The molecule has 0 fully saturated rings. The number of benzene rings is 1. The molecule has 2 aromatic rings. The van der Waals surface area contributed by atoms with Gasteiger partial charge >= 0.3 is 5.97 Å². The van der Waals surface area contributed by atoms with Crippen molar-refractivity contribution < 1.29 is 19.1 Å². The first-order valence-corrected chi connectivity index (χ1v) is 8.44. The SMILES string of the molecule is COC(=O)c1c(NC(C)=O)sc(C(=O)Nc2ccc(C)cc2C)c1C. The summed E-state index contributed by atoms with van der Waals surface area (Å²) in [6, 6.07) is 5.72. The Kier molecular flexibility index (Phi) is 5.58. The highest BCUT2D eigenvalue weighted by Crippen LogP contribution is 2.34. The van der Waals surface area contributed by atoms with E-state index in [0.29, 0.717) is 21.1 Å². The summed E-state index contributed by atoms with van der Waals surface area (Å²) in [5, 5.41) is 5.75. The molecule has 2 amide bonds. The molecule has 1 heterocycles. The number of methoxy groups -OCH3 is 1. The normalized spacial score (nSPS) is 10.3. The Morgan fingerprint density at radius 2 is 1.76 bits per heavy atom. The van der Waals surface area contributed by atoms with Gasteiger partial charge in [0.15, 0.2) is 0 Å². The molecule has 0 saturated carbocycles. The Morgan fingerprint density at radius 1 is 1.08 bits per heavy atom.